The number of rotatable bonds is 1. The quantitative estimate of drug-likeness (QED) is 0.612. The number of terminal acetylenes is 1. The smallest absolute Gasteiger partial charge is 0.156 e. The Hall–Kier alpha value is -1.62. The van der Waals surface area contributed by atoms with Crippen molar-refractivity contribution in [2.75, 3.05) is 0 Å². The van der Waals surface area contributed by atoms with Gasteiger partial charge in [0.05, 0.1) is 0 Å². The Morgan fingerprint density at radius 3 is 2.46 bits per heavy atom. The third-order valence-corrected chi connectivity index (χ3v) is 8.32. The molecule has 0 N–H and O–H groups in total. The Morgan fingerprint density at radius 1 is 1.12 bits per heavy atom. The fourth-order valence-electron chi connectivity index (χ4n) is 7.08. The zero-order valence-electron chi connectivity index (χ0n) is 16.7. The summed E-state index contributed by atoms with van der Waals surface area (Å²) in [4.78, 5) is 24.2. The molecule has 0 spiro atoms. The van der Waals surface area contributed by atoms with Gasteiger partial charge in [-0.2, -0.15) is 0 Å². The van der Waals surface area contributed by atoms with Crippen molar-refractivity contribution in [1.82, 2.24) is 0 Å². The van der Waals surface area contributed by atoms with E-state index in [1.54, 1.807) is 6.92 Å². The predicted octanol–water partition coefficient (Wildman–Crippen LogP) is 5.14. The third-order valence-electron chi connectivity index (χ3n) is 8.32. The molecule has 3 unspecified atom stereocenters. The number of hydrogen-bond acceptors (Lipinski definition) is 2. The molecule has 0 saturated heterocycles. The highest BCUT2D eigenvalue weighted by Crippen LogP contribution is 2.66. The molecule has 140 valence electrons. The van der Waals surface area contributed by atoms with Gasteiger partial charge < -0.3 is 0 Å². The van der Waals surface area contributed by atoms with Gasteiger partial charge in [0.15, 0.2) is 5.78 Å². The van der Waals surface area contributed by atoms with Crippen LogP contribution < -0.4 is 0 Å². The van der Waals surface area contributed by atoms with E-state index in [-0.39, 0.29) is 16.7 Å². The molecule has 0 heterocycles. The number of Topliss-reactive ketones (excluding diaryl/α,β-unsaturated/α-hetero) is 1. The fraction of sp³-hybridized carbons (Fsp3) is 0.667. The summed E-state index contributed by atoms with van der Waals surface area (Å²) in [6.45, 7) is 8.78. The highest BCUT2D eigenvalue weighted by Gasteiger charge is 2.59. The van der Waals surface area contributed by atoms with Gasteiger partial charge in [-0.1, -0.05) is 25.5 Å². The molecule has 2 nitrogen and oxygen atoms in total. The van der Waals surface area contributed by atoms with Crippen molar-refractivity contribution in [3.05, 3.63) is 23.3 Å². The van der Waals surface area contributed by atoms with E-state index in [1.165, 1.54) is 30.4 Å². The van der Waals surface area contributed by atoms with Crippen LogP contribution in [0.5, 0.6) is 0 Å². The average Bonchev–Trinajstić information content (AvgIpc) is 2.96. The van der Waals surface area contributed by atoms with Crippen LogP contribution in [0.2, 0.25) is 0 Å². The number of carbonyl (C=O) groups excluding carboxylic acids is 2. The van der Waals surface area contributed by atoms with Crippen LogP contribution >= 0.6 is 0 Å². The van der Waals surface area contributed by atoms with Crippen LogP contribution in [0.15, 0.2) is 23.3 Å². The fourth-order valence-corrected chi connectivity index (χ4v) is 7.08. The van der Waals surface area contributed by atoms with Gasteiger partial charge in [-0.15, -0.1) is 12.8 Å². The van der Waals surface area contributed by atoms with Crippen molar-refractivity contribution in [2.45, 2.75) is 66.2 Å². The maximum atomic E-state index is 12.2. The molecule has 0 aromatic rings. The van der Waals surface area contributed by atoms with Crippen molar-refractivity contribution < 1.29 is 9.59 Å². The molecule has 0 aliphatic heterocycles. The first-order valence-electron chi connectivity index (χ1n) is 10.0. The molecule has 4 aliphatic carbocycles. The monoisotopic (exact) mass is 352 g/mol. The van der Waals surface area contributed by atoms with Crippen LogP contribution in [-0.2, 0) is 9.59 Å². The summed E-state index contributed by atoms with van der Waals surface area (Å²) in [7, 11) is 0. The molecular formula is C24H32O2. The van der Waals surface area contributed by atoms with Gasteiger partial charge >= 0.3 is 0 Å². The summed E-state index contributed by atoms with van der Waals surface area (Å²) >= 11 is 0. The molecule has 0 radical (unpaired) electrons. The average molecular weight is 353 g/mol. The van der Waals surface area contributed by atoms with Gasteiger partial charge in [0, 0.05) is 12.3 Å². The lowest BCUT2D eigenvalue weighted by atomic mass is 9.47. The Morgan fingerprint density at radius 2 is 1.81 bits per heavy atom. The summed E-state index contributed by atoms with van der Waals surface area (Å²) < 4.78 is 0. The highest BCUT2D eigenvalue weighted by molar-refractivity contribution is 5.92. The Kier molecular flexibility index (Phi) is 4.80. The van der Waals surface area contributed by atoms with Crippen LogP contribution in [0.25, 0.3) is 0 Å². The molecular weight excluding hydrogens is 320 g/mol. The van der Waals surface area contributed by atoms with Crippen LogP contribution in [-0.4, -0.2) is 11.6 Å². The molecule has 26 heavy (non-hydrogen) atoms. The molecule has 2 heteroatoms. The molecule has 0 aromatic carbocycles. The number of ketones is 2. The van der Waals surface area contributed by atoms with E-state index in [0.29, 0.717) is 35.7 Å². The van der Waals surface area contributed by atoms with Crippen molar-refractivity contribution in [1.29, 1.82) is 0 Å². The van der Waals surface area contributed by atoms with Gasteiger partial charge in [0.1, 0.15) is 5.78 Å². The molecule has 4 rings (SSSR count). The first-order valence-corrected chi connectivity index (χ1v) is 10.0. The highest BCUT2D eigenvalue weighted by atomic mass is 16.1. The maximum absolute atomic E-state index is 12.2. The lowest BCUT2D eigenvalue weighted by Crippen LogP contribution is -2.50. The minimum absolute atomic E-state index is 0.160. The van der Waals surface area contributed by atoms with Crippen molar-refractivity contribution >= 4 is 11.6 Å². The molecule has 2 fully saturated rings. The number of carbonyl (C=O) groups is 2. The number of hydrogen-bond donors (Lipinski definition) is 0. The Balaban J connectivity index is 0.000000948. The molecule has 4 aliphatic rings. The third kappa shape index (κ3) is 2.55. The first-order chi connectivity index (χ1) is 12.3. The van der Waals surface area contributed by atoms with E-state index in [4.69, 9.17) is 0 Å². The molecule has 6 atom stereocenters. The zero-order chi connectivity index (χ0) is 19.3. The van der Waals surface area contributed by atoms with E-state index in [0.717, 1.165) is 12.8 Å². The normalized spacial score (nSPS) is 43.7. The van der Waals surface area contributed by atoms with Gasteiger partial charge in [-0.3, -0.25) is 9.59 Å². The second-order valence-corrected chi connectivity index (χ2v) is 9.37. The summed E-state index contributed by atoms with van der Waals surface area (Å²) in [6, 6.07) is 0. The van der Waals surface area contributed by atoms with Crippen LogP contribution in [0.4, 0.5) is 0 Å². The summed E-state index contributed by atoms with van der Waals surface area (Å²) in [6.07, 6.45) is 18.8. The standard InChI is InChI=1S/C22H30O2.C2H2/c1-13-11-16-18-6-5-17(14(2)23)21(18,3)10-8-19(16)22(4)9-7-15(24)12-20(13)22;1-2/h11-12,16-19H,5-10H2,1-4H3;1-2H/t16?,17-,18?,19?,21-,22-;/m1./s1. The lowest BCUT2D eigenvalue weighted by Gasteiger charge is -2.56. The molecule has 0 aromatic heterocycles. The minimum Gasteiger partial charge on any atom is -0.300 e. The van der Waals surface area contributed by atoms with E-state index < -0.39 is 0 Å². The second-order valence-electron chi connectivity index (χ2n) is 9.37. The Bertz CT molecular complexity index is 709. The van der Waals surface area contributed by atoms with Crippen LogP contribution in [0.3, 0.4) is 0 Å². The topological polar surface area (TPSA) is 34.1 Å². The van der Waals surface area contributed by atoms with Gasteiger partial charge in [0.2, 0.25) is 0 Å². The zero-order valence-corrected chi connectivity index (χ0v) is 16.7. The molecule has 2 saturated carbocycles. The van der Waals surface area contributed by atoms with Crippen molar-refractivity contribution in [3.8, 4) is 12.8 Å². The van der Waals surface area contributed by atoms with E-state index in [2.05, 4.69) is 39.7 Å². The minimum atomic E-state index is 0.160. The summed E-state index contributed by atoms with van der Waals surface area (Å²) in [5.74, 6) is 2.82. The summed E-state index contributed by atoms with van der Waals surface area (Å²) in [5.41, 5.74) is 2.98. The predicted molar refractivity (Wildman–Crippen MR) is 105 cm³/mol. The van der Waals surface area contributed by atoms with Crippen molar-refractivity contribution in [2.24, 2.45) is 34.5 Å². The van der Waals surface area contributed by atoms with Crippen molar-refractivity contribution in [3.63, 3.8) is 0 Å². The summed E-state index contributed by atoms with van der Waals surface area (Å²) in [5, 5.41) is 0. The van der Waals surface area contributed by atoms with Gasteiger partial charge in [0.25, 0.3) is 0 Å². The molecule has 0 bridgehead atoms. The van der Waals surface area contributed by atoms with Gasteiger partial charge in [-0.25, -0.2) is 0 Å². The number of allylic oxidation sites excluding steroid dienone is 4. The van der Waals surface area contributed by atoms with E-state index in [1.807, 2.05) is 6.08 Å². The van der Waals surface area contributed by atoms with E-state index in [9.17, 15) is 9.59 Å². The first kappa shape index (κ1) is 19.2. The second kappa shape index (κ2) is 6.52. The Labute approximate surface area is 158 Å². The largest absolute Gasteiger partial charge is 0.300 e. The SMILES string of the molecule is C#C.CC(=O)[C@H]1CCC2C3C=C(C)C4=CC(=O)CC[C@]4(C)C3CC[C@@]21C. The number of fused-ring (bicyclic) bond motifs is 5. The van der Waals surface area contributed by atoms with Gasteiger partial charge in [-0.05, 0) is 86.2 Å². The lowest BCUT2D eigenvalue weighted by molar-refractivity contribution is -0.127. The van der Waals surface area contributed by atoms with Crippen LogP contribution in [0, 0.1) is 47.3 Å². The molecule has 0 amide bonds. The van der Waals surface area contributed by atoms with Crippen LogP contribution in [0.1, 0.15) is 66.2 Å². The maximum Gasteiger partial charge on any atom is 0.156 e. The van der Waals surface area contributed by atoms with E-state index >= 15 is 0 Å².